The van der Waals surface area contributed by atoms with E-state index < -0.39 is 5.97 Å². The van der Waals surface area contributed by atoms with Crippen molar-refractivity contribution in [3.63, 3.8) is 0 Å². The number of hydrogen-bond acceptors (Lipinski definition) is 4. The lowest BCUT2D eigenvalue weighted by Crippen LogP contribution is -2.05. The van der Waals surface area contributed by atoms with Crippen LogP contribution in [0.1, 0.15) is 11.3 Å². The lowest BCUT2D eigenvalue weighted by Gasteiger charge is -1.98. The van der Waals surface area contributed by atoms with Crippen molar-refractivity contribution in [2.75, 3.05) is 0 Å². The van der Waals surface area contributed by atoms with E-state index in [9.17, 15) is 9.18 Å². The maximum Gasteiger partial charge on any atom is 0.363 e. The van der Waals surface area contributed by atoms with Crippen molar-refractivity contribution >= 4 is 33.9 Å². The summed E-state index contributed by atoms with van der Waals surface area (Å²) in [6.07, 6.45) is 1.48. The van der Waals surface area contributed by atoms with Crippen LogP contribution in [0.3, 0.4) is 0 Å². The number of ether oxygens (including phenoxy) is 1. The fourth-order valence-corrected chi connectivity index (χ4v) is 1.98. The molecule has 1 aromatic heterocycles. The van der Waals surface area contributed by atoms with Gasteiger partial charge in [-0.3, -0.25) is 0 Å². The van der Waals surface area contributed by atoms with Gasteiger partial charge in [0, 0.05) is 11.6 Å². The summed E-state index contributed by atoms with van der Waals surface area (Å²) in [4.78, 5) is 15.8. The summed E-state index contributed by atoms with van der Waals surface area (Å²) >= 11 is 3.17. The first-order chi connectivity index (χ1) is 9.61. The van der Waals surface area contributed by atoms with E-state index in [1.165, 1.54) is 30.3 Å². The van der Waals surface area contributed by atoms with Crippen molar-refractivity contribution in [2.24, 2.45) is 4.99 Å². The molecule has 0 spiro atoms. The van der Waals surface area contributed by atoms with Gasteiger partial charge in [-0.1, -0.05) is 0 Å². The van der Waals surface area contributed by atoms with Gasteiger partial charge < -0.3 is 9.15 Å². The van der Waals surface area contributed by atoms with Gasteiger partial charge in [0.05, 0.1) is 0 Å². The molecule has 0 bridgehead atoms. The number of esters is 1. The largest absolute Gasteiger partial charge is 0.450 e. The first kappa shape index (κ1) is 12.8. The number of cyclic esters (lactones) is 1. The minimum Gasteiger partial charge on any atom is -0.450 e. The molecular weight excluding hydrogens is 329 g/mol. The van der Waals surface area contributed by atoms with Crippen LogP contribution in [-0.2, 0) is 9.53 Å². The summed E-state index contributed by atoms with van der Waals surface area (Å²) in [5, 5.41) is 0. The zero-order valence-electron chi connectivity index (χ0n) is 9.97. The Bertz CT molecular complexity index is 731. The molecule has 2 heterocycles. The third-order valence-electron chi connectivity index (χ3n) is 2.58. The smallest absolute Gasteiger partial charge is 0.363 e. The van der Waals surface area contributed by atoms with Crippen molar-refractivity contribution in [3.8, 4) is 0 Å². The van der Waals surface area contributed by atoms with E-state index in [0.717, 1.165) is 0 Å². The van der Waals surface area contributed by atoms with Crippen molar-refractivity contribution in [3.05, 3.63) is 63.9 Å². The van der Waals surface area contributed by atoms with Crippen LogP contribution in [0, 0.1) is 5.82 Å². The number of nitrogens with zero attached hydrogens (tertiary/aromatic N) is 1. The lowest BCUT2D eigenvalue weighted by molar-refractivity contribution is -0.129. The first-order valence-electron chi connectivity index (χ1n) is 5.66. The van der Waals surface area contributed by atoms with E-state index in [-0.39, 0.29) is 17.4 Å². The van der Waals surface area contributed by atoms with E-state index in [2.05, 4.69) is 20.9 Å². The highest BCUT2D eigenvalue weighted by Crippen LogP contribution is 2.21. The average molecular weight is 336 g/mol. The van der Waals surface area contributed by atoms with Gasteiger partial charge in [0.1, 0.15) is 11.6 Å². The van der Waals surface area contributed by atoms with E-state index in [0.29, 0.717) is 16.0 Å². The molecule has 6 heteroatoms. The lowest BCUT2D eigenvalue weighted by atomic mass is 10.2. The number of furan rings is 1. The van der Waals surface area contributed by atoms with Gasteiger partial charge >= 0.3 is 5.97 Å². The molecule has 0 radical (unpaired) electrons. The molecule has 100 valence electrons. The van der Waals surface area contributed by atoms with Crippen LogP contribution < -0.4 is 0 Å². The second-order valence-corrected chi connectivity index (χ2v) is 4.77. The molecule has 1 aliphatic heterocycles. The monoisotopic (exact) mass is 335 g/mol. The molecule has 2 aromatic rings. The van der Waals surface area contributed by atoms with Crippen LogP contribution in [0.5, 0.6) is 0 Å². The molecule has 0 aliphatic carbocycles. The molecule has 1 aromatic carbocycles. The zero-order chi connectivity index (χ0) is 14.1. The van der Waals surface area contributed by atoms with Crippen LogP contribution >= 0.6 is 15.9 Å². The molecule has 0 fully saturated rings. The predicted octanol–water partition coefficient (Wildman–Crippen LogP) is 3.53. The Hall–Kier alpha value is -2.21. The first-order valence-corrected chi connectivity index (χ1v) is 6.45. The number of halogens is 2. The Morgan fingerprint density at radius 1 is 1.15 bits per heavy atom. The normalized spacial score (nSPS) is 16.4. The quantitative estimate of drug-likeness (QED) is 0.623. The Balaban J connectivity index is 1.92. The highest BCUT2D eigenvalue weighted by Gasteiger charge is 2.24. The molecule has 3 rings (SSSR count). The van der Waals surface area contributed by atoms with Gasteiger partial charge in [-0.05, 0) is 52.3 Å². The number of aliphatic imine (C=N–C) groups is 1. The number of hydrogen-bond donors (Lipinski definition) is 0. The van der Waals surface area contributed by atoms with Crippen molar-refractivity contribution < 1.29 is 18.3 Å². The van der Waals surface area contributed by atoms with Gasteiger partial charge in [0.2, 0.25) is 5.90 Å². The van der Waals surface area contributed by atoms with Crippen LogP contribution in [0.15, 0.2) is 56.2 Å². The van der Waals surface area contributed by atoms with Gasteiger partial charge in [0.15, 0.2) is 10.4 Å². The summed E-state index contributed by atoms with van der Waals surface area (Å²) in [6, 6.07) is 8.93. The molecule has 4 nitrogen and oxygen atoms in total. The van der Waals surface area contributed by atoms with Crippen molar-refractivity contribution in [2.45, 2.75) is 0 Å². The van der Waals surface area contributed by atoms with Crippen LogP contribution in [0.4, 0.5) is 4.39 Å². The van der Waals surface area contributed by atoms with Crippen LogP contribution in [0.2, 0.25) is 0 Å². The summed E-state index contributed by atoms with van der Waals surface area (Å²) in [5.41, 5.74) is 0.662. The van der Waals surface area contributed by atoms with Crippen LogP contribution in [-0.4, -0.2) is 11.9 Å². The molecule has 0 N–H and O–H groups in total. The van der Waals surface area contributed by atoms with Crippen LogP contribution in [0.25, 0.3) is 6.08 Å². The molecule has 0 amide bonds. The Labute approximate surface area is 121 Å². The van der Waals surface area contributed by atoms with Crippen molar-refractivity contribution in [1.29, 1.82) is 0 Å². The molecule has 20 heavy (non-hydrogen) atoms. The third-order valence-corrected chi connectivity index (χ3v) is 3.01. The maximum absolute atomic E-state index is 12.8. The molecule has 0 unspecified atom stereocenters. The summed E-state index contributed by atoms with van der Waals surface area (Å²) in [5.74, 6) is -0.313. The molecular formula is C14H7BrFNO3. The highest BCUT2D eigenvalue weighted by molar-refractivity contribution is 9.10. The summed E-state index contributed by atoms with van der Waals surface area (Å²) < 4.78 is 23.7. The van der Waals surface area contributed by atoms with E-state index >= 15 is 0 Å². The molecule has 0 saturated heterocycles. The van der Waals surface area contributed by atoms with Gasteiger partial charge in [-0.25, -0.2) is 14.2 Å². The minimum absolute atomic E-state index is 0.131. The second kappa shape index (κ2) is 5.05. The van der Waals surface area contributed by atoms with E-state index in [4.69, 9.17) is 9.15 Å². The molecule has 1 aliphatic rings. The van der Waals surface area contributed by atoms with E-state index in [1.807, 2.05) is 0 Å². The van der Waals surface area contributed by atoms with Gasteiger partial charge in [-0.2, -0.15) is 0 Å². The Morgan fingerprint density at radius 2 is 1.90 bits per heavy atom. The Morgan fingerprint density at radius 3 is 2.55 bits per heavy atom. The SMILES string of the molecule is O=C1OC(c2ccc(F)cc2)=NC1=Cc1ccc(Br)o1. The van der Waals surface area contributed by atoms with Crippen molar-refractivity contribution in [1.82, 2.24) is 0 Å². The fourth-order valence-electron chi connectivity index (χ4n) is 1.67. The average Bonchev–Trinajstić information content (AvgIpc) is 2.98. The molecule has 0 atom stereocenters. The summed E-state index contributed by atoms with van der Waals surface area (Å²) in [6.45, 7) is 0. The zero-order valence-corrected chi connectivity index (χ0v) is 11.6. The predicted molar refractivity (Wildman–Crippen MR) is 73.4 cm³/mol. The maximum atomic E-state index is 12.8. The number of carbonyl (C=O) groups excluding carboxylic acids is 1. The number of carbonyl (C=O) groups is 1. The van der Waals surface area contributed by atoms with E-state index in [1.54, 1.807) is 12.1 Å². The van der Waals surface area contributed by atoms with Gasteiger partial charge in [0.25, 0.3) is 0 Å². The minimum atomic E-state index is -0.572. The Kier molecular flexibility index (Phi) is 3.23. The number of benzene rings is 1. The standard InChI is InChI=1S/C14H7BrFNO3/c15-12-6-5-10(19-12)7-11-14(18)20-13(17-11)8-1-3-9(16)4-2-8/h1-7H. The summed E-state index contributed by atoms with van der Waals surface area (Å²) in [7, 11) is 0. The van der Waals surface area contributed by atoms with Gasteiger partial charge in [-0.15, -0.1) is 0 Å². The second-order valence-electron chi connectivity index (χ2n) is 3.98. The number of rotatable bonds is 2. The fraction of sp³-hybridized carbons (Fsp3) is 0. The molecule has 0 saturated carbocycles. The topological polar surface area (TPSA) is 51.8 Å². The third kappa shape index (κ3) is 2.55. The highest BCUT2D eigenvalue weighted by atomic mass is 79.9.